The standard InChI is InChI=1S/C22H16F2N2O5/c23-22(24)31-19-4-1-12(7-18(19)27)9-25-10-17-16-8-13(14-5-6-30-11-14)2-3-15(16)20(28)26-21(17)29/h1-8,10-11,22,25,27H,9H2,(H,26,28,29). The van der Waals surface area contributed by atoms with E-state index in [-0.39, 0.29) is 17.9 Å². The van der Waals surface area contributed by atoms with E-state index in [9.17, 15) is 23.5 Å². The SMILES string of the molecule is O=C1NC(=O)c2ccc(-c3ccoc3)cc2C1=CNCc1ccc(OC(F)F)c(O)c1. The quantitative estimate of drug-likeness (QED) is 0.411. The van der Waals surface area contributed by atoms with E-state index in [1.807, 2.05) is 0 Å². The van der Waals surface area contributed by atoms with E-state index in [4.69, 9.17) is 4.42 Å². The molecule has 0 unspecified atom stereocenters. The van der Waals surface area contributed by atoms with Gasteiger partial charge < -0.3 is 19.6 Å². The zero-order chi connectivity index (χ0) is 22.0. The molecule has 2 aromatic carbocycles. The monoisotopic (exact) mass is 426 g/mol. The van der Waals surface area contributed by atoms with Gasteiger partial charge in [-0.15, -0.1) is 0 Å². The Morgan fingerprint density at radius 1 is 1.06 bits per heavy atom. The van der Waals surface area contributed by atoms with E-state index in [1.165, 1.54) is 30.7 Å². The van der Waals surface area contributed by atoms with Crippen LogP contribution in [0, 0.1) is 0 Å². The number of imide groups is 1. The summed E-state index contributed by atoms with van der Waals surface area (Å²) in [5.41, 5.74) is 3.21. The molecule has 7 nitrogen and oxygen atoms in total. The Morgan fingerprint density at radius 3 is 2.61 bits per heavy atom. The molecule has 0 spiro atoms. The molecule has 0 aliphatic carbocycles. The van der Waals surface area contributed by atoms with E-state index in [0.29, 0.717) is 16.7 Å². The highest BCUT2D eigenvalue weighted by Crippen LogP contribution is 2.30. The summed E-state index contributed by atoms with van der Waals surface area (Å²) in [4.78, 5) is 24.6. The predicted octanol–water partition coefficient (Wildman–Crippen LogP) is 3.65. The number of hydrogen-bond donors (Lipinski definition) is 3. The number of nitrogens with one attached hydrogen (secondary N) is 2. The van der Waals surface area contributed by atoms with Gasteiger partial charge in [0.05, 0.1) is 18.1 Å². The average molecular weight is 426 g/mol. The zero-order valence-electron chi connectivity index (χ0n) is 15.9. The first kappa shape index (κ1) is 20.1. The van der Waals surface area contributed by atoms with Crippen molar-refractivity contribution in [2.24, 2.45) is 0 Å². The van der Waals surface area contributed by atoms with Gasteiger partial charge in [-0.3, -0.25) is 14.9 Å². The first-order valence-electron chi connectivity index (χ1n) is 9.15. The molecule has 1 aromatic heterocycles. The Kier molecular flexibility index (Phi) is 5.40. The molecule has 31 heavy (non-hydrogen) atoms. The number of hydrogen-bond acceptors (Lipinski definition) is 6. The van der Waals surface area contributed by atoms with Crippen LogP contribution in [-0.4, -0.2) is 23.5 Å². The third-order valence-electron chi connectivity index (χ3n) is 4.67. The molecule has 0 fully saturated rings. The normalized spacial score (nSPS) is 14.5. The molecule has 0 bridgehead atoms. The Labute approximate surface area is 174 Å². The molecule has 0 radical (unpaired) electrons. The molecule has 158 valence electrons. The van der Waals surface area contributed by atoms with Crippen molar-refractivity contribution in [2.45, 2.75) is 13.2 Å². The van der Waals surface area contributed by atoms with Gasteiger partial charge in [0.15, 0.2) is 11.5 Å². The number of amides is 2. The van der Waals surface area contributed by atoms with Crippen molar-refractivity contribution in [3.8, 4) is 22.6 Å². The van der Waals surface area contributed by atoms with E-state index >= 15 is 0 Å². The van der Waals surface area contributed by atoms with Gasteiger partial charge in [0.2, 0.25) is 0 Å². The lowest BCUT2D eigenvalue weighted by Gasteiger charge is -2.19. The van der Waals surface area contributed by atoms with Gasteiger partial charge in [-0.25, -0.2) is 0 Å². The smallest absolute Gasteiger partial charge is 0.387 e. The highest BCUT2D eigenvalue weighted by atomic mass is 19.3. The Morgan fingerprint density at radius 2 is 1.90 bits per heavy atom. The highest BCUT2D eigenvalue weighted by molar-refractivity contribution is 6.31. The van der Waals surface area contributed by atoms with Crippen LogP contribution in [0.15, 0.2) is 65.6 Å². The minimum absolute atomic E-state index is 0.185. The largest absolute Gasteiger partial charge is 0.504 e. The van der Waals surface area contributed by atoms with Gasteiger partial charge >= 0.3 is 6.61 Å². The van der Waals surface area contributed by atoms with Crippen molar-refractivity contribution < 1.29 is 32.6 Å². The molecule has 0 saturated heterocycles. The minimum Gasteiger partial charge on any atom is -0.504 e. The summed E-state index contributed by atoms with van der Waals surface area (Å²) in [6, 6.07) is 10.9. The van der Waals surface area contributed by atoms with Crippen molar-refractivity contribution in [2.75, 3.05) is 0 Å². The molecule has 0 saturated carbocycles. The van der Waals surface area contributed by atoms with Crippen molar-refractivity contribution in [1.82, 2.24) is 10.6 Å². The Bertz CT molecular complexity index is 1170. The molecule has 3 aromatic rings. The van der Waals surface area contributed by atoms with Gasteiger partial charge in [0.1, 0.15) is 0 Å². The van der Waals surface area contributed by atoms with Crippen LogP contribution in [0.2, 0.25) is 0 Å². The fraction of sp³-hybridized carbons (Fsp3) is 0.0909. The summed E-state index contributed by atoms with van der Waals surface area (Å²) in [5.74, 6) is -1.81. The summed E-state index contributed by atoms with van der Waals surface area (Å²) in [5, 5.41) is 15.0. The number of halogens is 2. The summed E-state index contributed by atoms with van der Waals surface area (Å²) < 4.78 is 33.9. The van der Waals surface area contributed by atoms with Crippen molar-refractivity contribution in [1.29, 1.82) is 0 Å². The van der Waals surface area contributed by atoms with Crippen LogP contribution in [0.25, 0.3) is 16.7 Å². The van der Waals surface area contributed by atoms with Gasteiger partial charge in [-0.1, -0.05) is 12.1 Å². The van der Waals surface area contributed by atoms with Crippen LogP contribution in [-0.2, 0) is 11.3 Å². The Hall–Kier alpha value is -4.14. The molecule has 2 heterocycles. The summed E-state index contributed by atoms with van der Waals surface area (Å²) >= 11 is 0. The van der Waals surface area contributed by atoms with E-state index in [0.717, 1.165) is 11.1 Å². The molecule has 2 amide bonds. The van der Waals surface area contributed by atoms with Crippen LogP contribution in [0.3, 0.4) is 0 Å². The Balaban J connectivity index is 1.57. The van der Waals surface area contributed by atoms with Gasteiger partial charge in [0, 0.05) is 29.4 Å². The minimum atomic E-state index is -3.04. The summed E-state index contributed by atoms with van der Waals surface area (Å²) in [7, 11) is 0. The van der Waals surface area contributed by atoms with E-state index < -0.39 is 24.2 Å². The fourth-order valence-corrected chi connectivity index (χ4v) is 3.22. The van der Waals surface area contributed by atoms with Crippen LogP contribution < -0.4 is 15.4 Å². The zero-order valence-corrected chi connectivity index (χ0v) is 15.9. The van der Waals surface area contributed by atoms with E-state index in [2.05, 4.69) is 15.4 Å². The number of carbonyl (C=O) groups is 2. The first-order valence-corrected chi connectivity index (χ1v) is 9.15. The van der Waals surface area contributed by atoms with Crippen LogP contribution in [0.4, 0.5) is 8.78 Å². The number of carbonyl (C=O) groups excluding carboxylic acids is 2. The lowest BCUT2D eigenvalue weighted by atomic mass is 9.92. The second-order valence-electron chi connectivity index (χ2n) is 6.68. The number of alkyl halides is 2. The summed E-state index contributed by atoms with van der Waals surface area (Å²) in [6.45, 7) is -2.86. The number of fused-ring (bicyclic) bond motifs is 1. The summed E-state index contributed by atoms with van der Waals surface area (Å²) in [6.07, 6.45) is 4.54. The van der Waals surface area contributed by atoms with Crippen LogP contribution in [0.5, 0.6) is 11.5 Å². The third-order valence-corrected chi connectivity index (χ3v) is 4.67. The van der Waals surface area contributed by atoms with Gasteiger partial charge in [-0.2, -0.15) is 8.78 Å². The van der Waals surface area contributed by atoms with Gasteiger partial charge in [-0.05, 0) is 41.5 Å². The lowest BCUT2D eigenvalue weighted by Crippen LogP contribution is -2.37. The molecule has 1 aliphatic rings. The molecule has 3 N–H and O–H groups in total. The molecule has 9 heteroatoms. The van der Waals surface area contributed by atoms with Crippen molar-refractivity contribution in [3.05, 3.63) is 77.9 Å². The topological polar surface area (TPSA) is 101 Å². The van der Waals surface area contributed by atoms with Crippen molar-refractivity contribution >= 4 is 17.4 Å². The number of aromatic hydroxyl groups is 1. The molecule has 1 aliphatic heterocycles. The van der Waals surface area contributed by atoms with Gasteiger partial charge in [0.25, 0.3) is 11.8 Å². The number of phenolic OH excluding ortho intramolecular Hbond substituents is 1. The second kappa shape index (κ2) is 8.31. The van der Waals surface area contributed by atoms with E-state index in [1.54, 1.807) is 30.5 Å². The predicted molar refractivity (Wildman–Crippen MR) is 106 cm³/mol. The first-order chi connectivity index (χ1) is 14.9. The number of furan rings is 1. The number of phenols is 1. The average Bonchev–Trinajstić information content (AvgIpc) is 3.26. The number of rotatable bonds is 6. The lowest BCUT2D eigenvalue weighted by molar-refractivity contribution is -0.114. The molecule has 4 rings (SSSR count). The van der Waals surface area contributed by atoms with Crippen molar-refractivity contribution in [3.63, 3.8) is 0 Å². The maximum absolute atomic E-state index is 12.4. The molecular formula is C22H16F2N2O5. The van der Waals surface area contributed by atoms with Crippen LogP contribution >= 0.6 is 0 Å². The van der Waals surface area contributed by atoms with Crippen LogP contribution in [0.1, 0.15) is 21.5 Å². The third kappa shape index (κ3) is 4.25. The maximum Gasteiger partial charge on any atom is 0.387 e. The molecule has 0 atom stereocenters. The number of ether oxygens (including phenoxy) is 1. The molecular weight excluding hydrogens is 410 g/mol. The second-order valence-corrected chi connectivity index (χ2v) is 6.68. The maximum atomic E-state index is 12.4. The number of benzene rings is 2. The fourth-order valence-electron chi connectivity index (χ4n) is 3.22. The highest BCUT2D eigenvalue weighted by Gasteiger charge is 2.27.